The number of halogens is 1. The Morgan fingerprint density at radius 3 is 2.52 bits per heavy atom. The Morgan fingerprint density at radius 1 is 1.19 bits per heavy atom. The van der Waals surface area contributed by atoms with E-state index in [2.05, 4.69) is 5.32 Å². The first-order chi connectivity index (χ1) is 9.77. The van der Waals surface area contributed by atoms with Crippen molar-refractivity contribution in [3.05, 3.63) is 47.8 Å². The molecule has 2 aromatic carbocycles. The molecule has 0 aliphatic carbocycles. The number of hydrogen-bond donors (Lipinski definition) is 4. The third-order valence-electron chi connectivity index (χ3n) is 2.84. The van der Waals surface area contributed by atoms with Gasteiger partial charge in [0.25, 0.3) is 0 Å². The molecular formula is C13H14FN3O3S. The summed E-state index contributed by atoms with van der Waals surface area (Å²) in [5.41, 5.74) is 6.65. The number of anilines is 2. The van der Waals surface area contributed by atoms with Crippen molar-refractivity contribution < 1.29 is 17.9 Å². The van der Waals surface area contributed by atoms with Gasteiger partial charge >= 0.3 is 0 Å². The van der Waals surface area contributed by atoms with Crippen LogP contribution in [0.4, 0.5) is 15.8 Å². The van der Waals surface area contributed by atoms with Gasteiger partial charge in [0.1, 0.15) is 11.6 Å². The summed E-state index contributed by atoms with van der Waals surface area (Å²) in [6, 6.07) is 7.82. The Morgan fingerprint density at radius 2 is 1.90 bits per heavy atom. The molecule has 0 radical (unpaired) electrons. The number of nitrogen functional groups attached to an aromatic ring is 1. The van der Waals surface area contributed by atoms with Crippen LogP contribution < -0.4 is 16.2 Å². The van der Waals surface area contributed by atoms with E-state index >= 15 is 0 Å². The van der Waals surface area contributed by atoms with Gasteiger partial charge in [-0.3, -0.25) is 0 Å². The van der Waals surface area contributed by atoms with Gasteiger partial charge in [0.05, 0.1) is 10.6 Å². The second kappa shape index (κ2) is 5.58. The third-order valence-corrected chi connectivity index (χ3v) is 3.75. The van der Waals surface area contributed by atoms with Crippen molar-refractivity contribution in [2.45, 2.75) is 11.4 Å². The number of sulfonamides is 1. The van der Waals surface area contributed by atoms with E-state index in [1.54, 1.807) is 12.1 Å². The van der Waals surface area contributed by atoms with Gasteiger partial charge in [-0.1, -0.05) is 0 Å². The van der Waals surface area contributed by atoms with Crippen molar-refractivity contribution in [1.29, 1.82) is 0 Å². The van der Waals surface area contributed by atoms with E-state index in [-0.39, 0.29) is 22.9 Å². The molecule has 8 heteroatoms. The van der Waals surface area contributed by atoms with Crippen molar-refractivity contribution in [2.75, 3.05) is 11.1 Å². The summed E-state index contributed by atoms with van der Waals surface area (Å²) in [6.07, 6.45) is 0. The van der Waals surface area contributed by atoms with Crippen LogP contribution in [0.5, 0.6) is 5.75 Å². The van der Waals surface area contributed by atoms with E-state index in [0.29, 0.717) is 11.3 Å². The molecule has 0 aliphatic rings. The lowest BCUT2D eigenvalue weighted by atomic mass is 10.1. The third kappa shape index (κ3) is 3.61. The van der Waals surface area contributed by atoms with Crippen molar-refractivity contribution in [3.8, 4) is 5.75 Å². The molecule has 6 N–H and O–H groups in total. The van der Waals surface area contributed by atoms with Gasteiger partial charge in [0, 0.05) is 17.8 Å². The minimum absolute atomic E-state index is 0.0262. The quantitative estimate of drug-likeness (QED) is 0.502. The van der Waals surface area contributed by atoms with Crippen LogP contribution in [-0.2, 0) is 16.6 Å². The first kappa shape index (κ1) is 15.1. The molecule has 21 heavy (non-hydrogen) atoms. The number of nitrogens with two attached hydrogens (primary N) is 2. The molecular weight excluding hydrogens is 297 g/mol. The topological polar surface area (TPSA) is 118 Å². The Labute approximate surface area is 121 Å². The van der Waals surface area contributed by atoms with Crippen LogP contribution in [-0.4, -0.2) is 13.5 Å². The fourth-order valence-electron chi connectivity index (χ4n) is 1.75. The van der Waals surface area contributed by atoms with Crippen LogP contribution >= 0.6 is 0 Å². The largest absolute Gasteiger partial charge is 0.508 e. The number of rotatable bonds is 4. The minimum Gasteiger partial charge on any atom is -0.508 e. The SMILES string of the molecule is Nc1ccc(O)c(CNc2ccc(S(N)(=O)=O)cc2F)c1. The maximum Gasteiger partial charge on any atom is 0.238 e. The lowest BCUT2D eigenvalue weighted by molar-refractivity contribution is 0.469. The number of hydrogen-bond acceptors (Lipinski definition) is 5. The zero-order chi connectivity index (χ0) is 15.6. The molecule has 0 heterocycles. The van der Waals surface area contributed by atoms with Gasteiger partial charge in [-0.05, 0) is 36.4 Å². The molecule has 2 aromatic rings. The smallest absolute Gasteiger partial charge is 0.238 e. The molecule has 2 rings (SSSR count). The van der Waals surface area contributed by atoms with Gasteiger partial charge in [-0.2, -0.15) is 0 Å². The summed E-state index contributed by atoms with van der Waals surface area (Å²) in [5, 5.41) is 17.3. The standard InChI is InChI=1S/C13H14FN3O3S/c14-11-6-10(21(16,19)20)2-3-12(11)17-7-8-5-9(15)1-4-13(8)18/h1-6,17-18H,7,15H2,(H2,16,19,20). The fraction of sp³-hybridized carbons (Fsp3) is 0.0769. The summed E-state index contributed by atoms with van der Waals surface area (Å²) < 4.78 is 36.0. The second-order valence-corrected chi connectivity index (χ2v) is 5.99. The molecule has 0 bridgehead atoms. The molecule has 0 fully saturated rings. The summed E-state index contributed by atoms with van der Waals surface area (Å²) >= 11 is 0. The number of nitrogens with one attached hydrogen (secondary N) is 1. The Hall–Kier alpha value is -2.32. The highest BCUT2D eigenvalue weighted by Gasteiger charge is 2.11. The molecule has 0 aliphatic heterocycles. The molecule has 6 nitrogen and oxygen atoms in total. The zero-order valence-electron chi connectivity index (χ0n) is 10.9. The summed E-state index contributed by atoms with van der Waals surface area (Å²) in [4.78, 5) is -0.308. The molecule has 0 amide bonds. The highest BCUT2D eigenvalue weighted by atomic mass is 32.2. The van der Waals surface area contributed by atoms with E-state index in [9.17, 15) is 17.9 Å². The van der Waals surface area contributed by atoms with Crippen LogP contribution in [0, 0.1) is 5.82 Å². The first-order valence-corrected chi connectivity index (χ1v) is 7.45. The summed E-state index contributed by atoms with van der Waals surface area (Å²) in [6.45, 7) is 0.127. The maximum atomic E-state index is 13.8. The minimum atomic E-state index is -3.95. The molecule has 0 unspecified atom stereocenters. The monoisotopic (exact) mass is 311 g/mol. The highest BCUT2D eigenvalue weighted by molar-refractivity contribution is 7.89. The molecule has 0 atom stereocenters. The van der Waals surface area contributed by atoms with Crippen molar-refractivity contribution >= 4 is 21.4 Å². The normalized spacial score (nSPS) is 11.3. The van der Waals surface area contributed by atoms with E-state index in [1.165, 1.54) is 18.2 Å². The van der Waals surface area contributed by atoms with Crippen molar-refractivity contribution in [2.24, 2.45) is 5.14 Å². The van der Waals surface area contributed by atoms with Gasteiger partial charge in [0.2, 0.25) is 10.0 Å². The zero-order valence-corrected chi connectivity index (χ0v) is 11.7. The number of benzene rings is 2. The first-order valence-electron chi connectivity index (χ1n) is 5.91. The predicted octanol–water partition coefficient (Wildman–Crippen LogP) is 1.37. The van der Waals surface area contributed by atoms with E-state index in [4.69, 9.17) is 10.9 Å². The molecule has 0 saturated carbocycles. The number of phenols is 1. The Bertz CT molecular complexity index is 778. The summed E-state index contributed by atoms with van der Waals surface area (Å²) in [7, 11) is -3.95. The Balaban J connectivity index is 2.19. The number of primary sulfonamides is 1. The van der Waals surface area contributed by atoms with E-state index in [0.717, 1.165) is 6.07 Å². The van der Waals surface area contributed by atoms with Crippen molar-refractivity contribution in [1.82, 2.24) is 0 Å². The maximum absolute atomic E-state index is 13.8. The highest BCUT2D eigenvalue weighted by Crippen LogP contribution is 2.23. The van der Waals surface area contributed by atoms with Crippen molar-refractivity contribution in [3.63, 3.8) is 0 Å². The van der Waals surface area contributed by atoms with Crippen LogP contribution in [0.15, 0.2) is 41.3 Å². The van der Waals surface area contributed by atoms with Gasteiger partial charge < -0.3 is 16.2 Å². The lowest BCUT2D eigenvalue weighted by Crippen LogP contribution is -2.12. The van der Waals surface area contributed by atoms with Crippen LogP contribution in [0.3, 0.4) is 0 Å². The van der Waals surface area contributed by atoms with Gasteiger partial charge in [-0.15, -0.1) is 0 Å². The molecule has 112 valence electrons. The average molecular weight is 311 g/mol. The second-order valence-electron chi connectivity index (χ2n) is 4.43. The molecule has 0 aromatic heterocycles. The number of phenolic OH excluding ortho intramolecular Hbond substituents is 1. The lowest BCUT2D eigenvalue weighted by Gasteiger charge is -2.10. The van der Waals surface area contributed by atoms with Crippen LogP contribution in [0.1, 0.15) is 5.56 Å². The van der Waals surface area contributed by atoms with Crippen LogP contribution in [0.25, 0.3) is 0 Å². The molecule has 0 saturated heterocycles. The predicted molar refractivity (Wildman–Crippen MR) is 77.6 cm³/mol. The van der Waals surface area contributed by atoms with Gasteiger partial charge in [-0.25, -0.2) is 17.9 Å². The summed E-state index contributed by atoms with van der Waals surface area (Å²) in [5.74, 6) is -0.733. The van der Waals surface area contributed by atoms with E-state index < -0.39 is 15.8 Å². The average Bonchev–Trinajstić information content (AvgIpc) is 2.40. The van der Waals surface area contributed by atoms with E-state index in [1.807, 2.05) is 0 Å². The fourth-order valence-corrected chi connectivity index (χ4v) is 2.28. The Kier molecular flexibility index (Phi) is 4.01. The van der Waals surface area contributed by atoms with Crippen LogP contribution in [0.2, 0.25) is 0 Å². The molecule has 0 spiro atoms. The van der Waals surface area contributed by atoms with Gasteiger partial charge in [0.15, 0.2) is 0 Å². The number of aromatic hydroxyl groups is 1.